The number of nitrogens with one attached hydrogen (secondary N) is 2. The molecule has 1 aromatic heterocycles. The minimum Gasteiger partial charge on any atom is -0.497 e. The number of benzene rings is 2. The molecule has 1 aliphatic rings. The number of anilines is 3. The maximum atomic E-state index is 12.7. The van der Waals surface area contributed by atoms with Gasteiger partial charge in [-0.1, -0.05) is 0 Å². The van der Waals surface area contributed by atoms with E-state index in [1.807, 2.05) is 36.1 Å². The van der Waals surface area contributed by atoms with Crippen molar-refractivity contribution in [3.05, 3.63) is 66.0 Å². The predicted octanol–water partition coefficient (Wildman–Crippen LogP) is 3.13. The van der Waals surface area contributed by atoms with E-state index in [4.69, 9.17) is 15.2 Å². The van der Waals surface area contributed by atoms with Crippen molar-refractivity contribution < 1.29 is 19.1 Å². The van der Waals surface area contributed by atoms with Crippen molar-refractivity contribution >= 4 is 29.1 Å². The third-order valence-electron chi connectivity index (χ3n) is 5.85. The van der Waals surface area contributed by atoms with Gasteiger partial charge in [0.1, 0.15) is 17.3 Å². The van der Waals surface area contributed by atoms with Gasteiger partial charge in [0.2, 0.25) is 0 Å². The van der Waals surface area contributed by atoms with Crippen LogP contribution in [0.3, 0.4) is 0 Å². The molecule has 2 amide bonds. The van der Waals surface area contributed by atoms with E-state index in [2.05, 4.69) is 20.6 Å². The third-order valence-corrected chi connectivity index (χ3v) is 5.85. The van der Waals surface area contributed by atoms with E-state index in [-0.39, 0.29) is 23.5 Å². The van der Waals surface area contributed by atoms with E-state index in [1.165, 1.54) is 6.20 Å². The van der Waals surface area contributed by atoms with Gasteiger partial charge in [0.25, 0.3) is 11.8 Å². The Morgan fingerprint density at radius 3 is 2.50 bits per heavy atom. The van der Waals surface area contributed by atoms with E-state index in [1.54, 1.807) is 31.4 Å². The summed E-state index contributed by atoms with van der Waals surface area (Å²) >= 11 is 0. The van der Waals surface area contributed by atoms with Gasteiger partial charge in [-0.2, -0.15) is 0 Å². The number of ether oxygens (including phenoxy) is 2. The molecule has 1 aliphatic heterocycles. The van der Waals surface area contributed by atoms with Crippen LogP contribution in [-0.2, 0) is 0 Å². The van der Waals surface area contributed by atoms with Gasteiger partial charge in [0, 0.05) is 30.4 Å². The SMILES string of the molecule is CCOc1ccc(Nc2nc(N3CCCC(NC(=O)c4ccc(OC)cc4)C3)cnc2C(N)=O)cc1. The smallest absolute Gasteiger partial charge is 0.271 e. The Kier molecular flexibility index (Phi) is 7.84. The van der Waals surface area contributed by atoms with E-state index in [9.17, 15) is 9.59 Å². The first-order chi connectivity index (χ1) is 17.5. The van der Waals surface area contributed by atoms with E-state index < -0.39 is 5.91 Å². The zero-order valence-electron chi connectivity index (χ0n) is 20.4. The molecule has 1 unspecified atom stereocenters. The standard InChI is InChI=1S/C26H30N6O4/c1-3-36-21-12-8-18(9-13-21)29-25-23(24(27)33)28-15-22(31-25)32-14-4-5-19(16-32)30-26(34)17-6-10-20(35-2)11-7-17/h6-13,15,19H,3-5,14,16H2,1-2H3,(H2,27,33)(H,29,31)(H,30,34). The highest BCUT2D eigenvalue weighted by atomic mass is 16.5. The van der Waals surface area contributed by atoms with Crippen molar-refractivity contribution in [2.45, 2.75) is 25.8 Å². The van der Waals surface area contributed by atoms with Gasteiger partial charge in [-0.3, -0.25) is 9.59 Å². The topological polar surface area (TPSA) is 132 Å². The van der Waals surface area contributed by atoms with Gasteiger partial charge in [-0.15, -0.1) is 0 Å². The molecule has 188 valence electrons. The van der Waals surface area contributed by atoms with Crippen LogP contribution < -0.4 is 30.7 Å². The number of piperidine rings is 1. The number of primary amides is 1. The number of nitrogens with zero attached hydrogens (tertiary/aromatic N) is 3. The zero-order valence-corrected chi connectivity index (χ0v) is 20.4. The summed E-state index contributed by atoms with van der Waals surface area (Å²) < 4.78 is 10.6. The summed E-state index contributed by atoms with van der Waals surface area (Å²) in [5.74, 6) is 1.49. The summed E-state index contributed by atoms with van der Waals surface area (Å²) in [7, 11) is 1.59. The summed E-state index contributed by atoms with van der Waals surface area (Å²) in [5.41, 5.74) is 6.88. The fraction of sp³-hybridized carbons (Fsp3) is 0.308. The number of carbonyl (C=O) groups is 2. The highest BCUT2D eigenvalue weighted by Crippen LogP contribution is 2.25. The molecule has 0 bridgehead atoms. The van der Waals surface area contributed by atoms with Crippen molar-refractivity contribution in [3.8, 4) is 11.5 Å². The van der Waals surface area contributed by atoms with Crippen LogP contribution in [0.25, 0.3) is 0 Å². The fourth-order valence-corrected chi connectivity index (χ4v) is 4.05. The van der Waals surface area contributed by atoms with Crippen molar-refractivity contribution in [2.24, 2.45) is 5.73 Å². The molecular weight excluding hydrogens is 460 g/mol. The minimum absolute atomic E-state index is 0.0500. The first kappa shape index (κ1) is 24.8. The molecule has 2 heterocycles. The first-order valence-corrected chi connectivity index (χ1v) is 11.8. The van der Waals surface area contributed by atoms with Crippen molar-refractivity contribution in [2.75, 3.05) is 37.0 Å². The number of rotatable bonds is 9. The Bertz CT molecular complexity index is 1200. The summed E-state index contributed by atoms with van der Waals surface area (Å²) in [4.78, 5) is 35.7. The predicted molar refractivity (Wildman–Crippen MR) is 137 cm³/mol. The highest BCUT2D eigenvalue weighted by Gasteiger charge is 2.24. The van der Waals surface area contributed by atoms with Crippen LogP contribution in [0.2, 0.25) is 0 Å². The summed E-state index contributed by atoms with van der Waals surface area (Å²) in [6.07, 6.45) is 3.26. The Morgan fingerprint density at radius 2 is 1.83 bits per heavy atom. The molecule has 0 saturated carbocycles. The average Bonchev–Trinajstić information content (AvgIpc) is 2.90. The molecule has 4 N–H and O–H groups in total. The normalized spacial score (nSPS) is 15.2. The van der Waals surface area contributed by atoms with Crippen molar-refractivity contribution in [1.82, 2.24) is 15.3 Å². The van der Waals surface area contributed by atoms with Crippen LogP contribution in [-0.4, -0.2) is 54.6 Å². The number of amides is 2. The maximum absolute atomic E-state index is 12.7. The minimum atomic E-state index is -0.675. The summed E-state index contributed by atoms with van der Waals surface area (Å²) in [5, 5.41) is 6.24. The Hall–Kier alpha value is -4.34. The number of methoxy groups -OCH3 is 1. The first-order valence-electron chi connectivity index (χ1n) is 11.8. The molecule has 4 rings (SSSR count). The Labute approximate surface area is 209 Å². The van der Waals surface area contributed by atoms with Crippen LogP contribution in [0.15, 0.2) is 54.7 Å². The monoisotopic (exact) mass is 490 g/mol. The molecule has 0 radical (unpaired) electrons. The lowest BCUT2D eigenvalue weighted by Crippen LogP contribution is -2.48. The number of hydrogen-bond donors (Lipinski definition) is 3. The van der Waals surface area contributed by atoms with Crippen LogP contribution in [0, 0.1) is 0 Å². The van der Waals surface area contributed by atoms with E-state index >= 15 is 0 Å². The largest absolute Gasteiger partial charge is 0.497 e. The van der Waals surface area contributed by atoms with Crippen LogP contribution in [0.5, 0.6) is 11.5 Å². The number of nitrogens with two attached hydrogens (primary N) is 1. The van der Waals surface area contributed by atoms with Gasteiger partial charge in [-0.05, 0) is 68.3 Å². The second-order valence-corrected chi connectivity index (χ2v) is 8.36. The second kappa shape index (κ2) is 11.4. The van der Waals surface area contributed by atoms with Crippen LogP contribution >= 0.6 is 0 Å². The van der Waals surface area contributed by atoms with Gasteiger partial charge >= 0.3 is 0 Å². The number of hydrogen-bond acceptors (Lipinski definition) is 8. The second-order valence-electron chi connectivity index (χ2n) is 8.36. The molecule has 1 atom stereocenters. The van der Waals surface area contributed by atoms with Crippen molar-refractivity contribution in [3.63, 3.8) is 0 Å². The number of carbonyl (C=O) groups excluding carboxylic acids is 2. The van der Waals surface area contributed by atoms with Crippen LogP contribution in [0.4, 0.5) is 17.3 Å². The zero-order chi connectivity index (χ0) is 25.5. The third kappa shape index (κ3) is 6.01. The molecule has 2 aromatic carbocycles. The lowest BCUT2D eigenvalue weighted by molar-refractivity contribution is 0.0931. The molecule has 0 spiro atoms. The van der Waals surface area contributed by atoms with Crippen LogP contribution in [0.1, 0.15) is 40.6 Å². The quantitative estimate of drug-likeness (QED) is 0.417. The lowest BCUT2D eigenvalue weighted by Gasteiger charge is -2.34. The van der Waals surface area contributed by atoms with Gasteiger partial charge < -0.3 is 30.7 Å². The summed E-state index contributed by atoms with van der Waals surface area (Å²) in [6, 6.07) is 14.2. The molecule has 3 aromatic rings. The number of aromatic nitrogens is 2. The van der Waals surface area contributed by atoms with E-state index in [0.29, 0.717) is 30.3 Å². The Balaban J connectivity index is 1.47. The highest BCUT2D eigenvalue weighted by molar-refractivity contribution is 5.96. The van der Waals surface area contributed by atoms with Crippen molar-refractivity contribution in [1.29, 1.82) is 0 Å². The average molecular weight is 491 g/mol. The lowest BCUT2D eigenvalue weighted by atomic mass is 10.0. The molecule has 36 heavy (non-hydrogen) atoms. The van der Waals surface area contributed by atoms with Gasteiger partial charge in [0.15, 0.2) is 11.5 Å². The van der Waals surface area contributed by atoms with Gasteiger partial charge in [0.05, 0.1) is 19.9 Å². The Morgan fingerprint density at radius 1 is 1.11 bits per heavy atom. The molecule has 10 heteroatoms. The molecular formula is C26H30N6O4. The van der Waals surface area contributed by atoms with Gasteiger partial charge in [-0.25, -0.2) is 9.97 Å². The molecule has 10 nitrogen and oxygen atoms in total. The van der Waals surface area contributed by atoms with E-state index in [0.717, 1.165) is 30.8 Å². The fourth-order valence-electron chi connectivity index (χ4n) is 4.05. The maximum Gasteiger partial charge on any atom is 0.271 e. The summed E-state index contributed by atoms with van der Waals surface area (Å²) in [6.45, 7) is 3.81. The molecule has 0 aliphatic carbocycles. The molecule has 1 saturated heterocycles. The molecule has 1 fully saturated rings.